The van der Waals surface area contributed by atoms with E-state index in [1.807, 2.05) is 30.3 Å². The SMILES string of the molecule is CO[C@@H]1O[C@@H]2CO[C@@H](c3ccccc3)O[C@H]2[C@H](OC(=O)C(Cl)Cl)[C@H]1N1C(=O)c2ccccc2C1=O. The summed E-state index contributed by atoms with van der Waals surface area (Å²) in [4.78, 5) is 38.7. The summed E-state index contributed by atoms with van der Waals surface area (Å²) in [6.45, 7) is 0.0815. The van der Waals surface area contributed by atoms with Gasteiger partial charge in [-0.2, -0.15) is 0 Å². The van der Waals surface area contributed by atoms with Gasteiger partial charge in [-0.05, 0) is 12.1 Å². The number of ether oxygens (including phenoxy) is 5. The molecule has 3 aliphatic heterocycles. The Morgan fingerprint density at radius 2 is 1.63 bits per heavy atom. The zero-order valence-electron chi connectivity index (χ0n) is 18.4. The summed E-state index contributed by atoms with van der Waals surface area (Å²) in [5, 5.41) is 0. The highest BCUT2D eigenvalue weighted by Gasteiger charge is 2.58. The van der Waals surface area contributed by atoms with E-state index in [-0.39, 0.29) is 17.7 Å². The number of benzene rings is 2. The lowest BCUT2D eigenvalue weighted by atomic mass is 9.94. The molecular formula is C24H21Cl2NO8. The molecule has 0 saturated carbocycles. The predicted molar refractivity (Wildman–Crippen MR) is 122 cm³/mol. The standard InChI is InChI=1S/C24H21Cl2NO8/c1-31-24-16(27-20(28)13-9-5-6-10-14(13)21(27)29)18(34-22(30)19(25)26)17-15(33-24)11-32-23(35-17)12-7-3-2-4-8-12/h2-10,15-19,23-24H,11H2,1H3/t15-,16-,17-,18-,23-,24-/m1/s1. The van der Waals surface area contributed by atoms with Gasteiger partial charge >= 0.3 is 5.97 Å². The largest absolute Gasteiger partial charge is 0.455 e. The normalized spacial score (nSPS) is 30.2. The van der Waals surface area contributed by atoms with Crippen LogP contribution >= 0.6 is 23.2 Å². The molecule has 0 unspecified atom stereocenters. The number of esters is 1. The monoisotopic (exact) mass is 521 g/mol. The van der Waals surface area contributed by atoms with Gasteiger partial charge < -0.3 is 23.7 Å². The molecule has 0 bridgehead atoms. The number of halogens is 2. The van der Waals surface area contributed by atoms with Gasteiger partial charge in [-0.15, -0.1) is 0 Å². The van der Waals surface area contributed by atoms with E-state index in [1.54, 1.807) is 24.3 Å². The van der Waals surface area contributed by atoms with Crippen molar-refractivity contribution in [1.29, 1.82) is 0 Å². The molecule has 184 valence electrons. The van der Waals surface area contributed by atoms with Gasteiger partial charge in [0.25, 0.3) is 11.8 Å². The van der Waals surface area contributed by atoms with Crippen LogP contribution in [0.25, 0.3) is 0 Å². The molecule has 0 radical (unpaired) electrons. The van der Waals surface area contributed by atoms with Gasteiger partial charge in [0.15, 0.2) is 18.7 Å². The Balaban J connectivity index is 1.53. The van der Waals surface area contributed by atoms with Crippen molar-refractivity contribution in [2.75, 3.05) is 13.7 Å². The summed E-state index contributed by atoms with van der Waals surface area (Å²) in [5.74, 6) is -2.09. The minimum absolute atomic E-state index is 0.0815. The Kier molecular flexibility index (Phi) is 6.80. The summed E-state index contributed by atoms with van der Waals surface area (Å²) in [5.41, 5.74) is 1.18. The van der Waals surface area contributed by atoms with Crippen molar-refractivity contribution in [3.8, 4) is 0 Å². The molecule has 11 heteroatoms. The summed E-state index contributed by atoms with van der Waals surface area (Å²) in [6, 6.07) is 14.4. The molecule has 2 aromatic rings. The molecular weight excluding hydrogens is 501 g/mol. The van der Waals surface area contributed by atoms with Crippen LogP contribution in [0.15, 0.2) is 54.6 Å². The first-order valence-corrected chi connectivity index (χ1v) is 11.7. The van der Waals surface area contributed by atoms with Crippen molar-refractivity contribution in [1.82, 2.24) is 4.90 Å². The minimum atomic E-state index is -1.50. The molecule has 5 rings (SSSR count). The lowest BCUT2D eigenvalue weighted by Gasteiger charge is -2.50. The van der Waals surface area contributed by atoms with E-state index in [9.17, 15) is 14.4 Å². The highest BCUT2D eigenvalue weighted by atomic mass is 35.5. The van der Waals surface area contributed by atoms with Gasteiger partial charge in [-0.25, -0.2) is 4.79 Å². The van der Waals surface area contributed by atoms with Crippen molar-refractivity contribution < 1.29 is 38.1 Å². The number of alkyl halides is 2. The molecule has 2 saturated heterocycles. The Morgan fingerprint density at radius 3 is 2.23 bits per heavy atom. The van der Waals surface area contributed by atoms with Gasteiger partial charge in [0.2, 0.25) is 4.84 Å². The van der Waals surface area contributed by atoms with Gasteiger partial charge in [-0.3, -0.25) is 14.5 Å². The molecule has 35 heavy (non-hydrogen) atoms. The fraction of sp³-hybridized carbons (Fsp3) is 0.375. The number of carbonyl (C=O) groups is 3. The van der Waals surface area contributed by atoms with Crippen molar-refractivity contribution in [3.05, 3.63) is 71.3 Å². The fourth-order valence-electron chi connectivity index (χ4n) is 4.60. The highest BCUT2D eigenvalue weighted by molar-refractivity contribution is 6.52. The maximum atomic E-state index is 13.3. The summed E-state index contributed by atoms with van der Waals surface area (Å²) in [6.07, 6.45) is -4.80. The van der Waals surface area contributed by atoms with Crippen molar-refractivity contribution in [2.45, 2.75) is 41.8 Å². The molecule has 0 N–H and O–H groups in total. The topological polar surface area (TPSA) is 101 Å². The molecule has 3 aliphatic rings. The Bertz CT molecular complexity index is 1090. The first-order chi connectivity index (χ1) is 16.9. The first-order valence-electron chi connectivity index (χ1n) is 10.9. The molecule has 0 spiro atoms. The van der Waals surface area contributed by atoms with E-state index in [1.165, 1.54) is 7.11 Å². The quantitative estimate of drug-likeness (QED) is 0.336. The van der Waals surface area contributed by atoms with Crippen molar-refractivity contribution in [3.63, 3.8) is 0 Å². The number of rotatable bonds is 5. The van der Waals surface area contributed by atoms with Crippen LogP contribution in [-0.2, 0) is 28.5 Å². The number of carbonyl (C=O) groups excluding carboxylic acids is 3. The number of methoxy groups -OCH3 is 1. The van der Waals surface area contributed by atoms with E-state index in [2.05, 4.69) is 0 Å². The average Bonchev–Trinajstić information content (AvgIpc) is 3.13. The number of hydrogen-bond acceptors (Lipinski definition) is 8. The second-order valence-electron chi connectivity index (χ2n) is 8.17. The van der Waals surface area contributed by atoms with Crippen LogP contribution in [0, 0.1) is 0 Å². The van der Waals surface area contributed by atoms with E-state index < -0.39 is 59.6 Å². The maximum Gasteiger partial charge on any atom is 0.339 e. The Labute approximate surface area is 210 Å². The highest BCUT2D eigenvalue weighted by Crippen LogP contribution is 2.39. The molecule has 9 nitrogen and oxygen atoms in total. The lowest BCUT2D eigenvalue weighted by Crippen LogP contribution is -2.68. The smallest absolute Gasteiger partial charge is 0.339 e. The number of fused-ring (bicyclic) bond motifs is 2. The molecule has 2 fully saturated rings. The van der Waals surface area contributed by atoms with E-state index in [4.69, 9.17) is 46.9 Å². The van der Waals surface area contributed by atoms with Gasteiger partial charge in [-0.1, -0.05) is 65.7 Å². The fourth-order valence-corrected chi connectivity index (χ4v) is 4.71. The predicted octanol–water partition coefficient (Wildman–Crippen LogP) is 2.85. The Hall–Kier alpha value is -2.53. The molecule has 6 atom stereocenters. The number of amides is 2. The molecule has 0 aromatic heterocycles. The van der Waals surface area contributed by atoms with Crippen LogP contribution in [-0.4, -0.2) is 71.9 Å². The van der Waals surface area contributed by atoms with E-state index >= 15 is 0 Å². The van der Waals surface area contributed by atoms with Gasteiger partial charge in [0.05, 0.1) is 17.7 Å². The van der Waals surface area contributed by atoms with Crippen LogP contribution in [0.2, 0.25) is 0 Å². The second kappa shape index (κ2) is 9.85. The number of nitrogens with zero attached hydrogens (tertiary/aromatic N) is 1. The van der Waals surface area contributed by atoms with Crippen LogP contribution in [0.3, 0.4) is 0 Å². The number of imide groups is 1. The maximum absolute atomic E-state index is 13.3. The van der Waals surface area contributed by atoms with Crippen LogP contribution < -0.4 is 0 Å². The zero-order valence-corrected chi connectivity index (χ0v) is 19.9. The summed E-state index contributed by atoms with van der Waals surface area (Å²) >= 11 is 11.5. The minimum Gasteiger partial charge on any atom is -0.455 e. The van der Waals surface area contributed by atoms with Crippen molar-refractivity contribution >= 4 is 41.0 Å². The molecule has 2 aromatic carbocycles. The zero-order chi connectivity index (χ0) is 24.7. The van der Waals surface area contributed by atoms with Gasteiger partial charge in [0, 0.05) is 12.7 Å². The van der Waals surface area contributed by atoms with E-state index in [0.717, 1.165) is 10.5 Å². The molecule has 2 amide bonds. The molecule has 0 aliphatic carbocycles. The van der Waals surface area contributed by atoms with Crippen LogP contribution in [0.1, 0.15) is 32.6 Å². The summed E-state index contributed by atoms with van der Waals surface area (Å²) < 4.78 is 29.2. The van der Waals surface area contributed by atoms with Gasteiger partial charge in [0.1, 0.15) is 18.2 Å². The third kappa shape index (κ3) is 4.33. The average molecular weight is 522 g/mol. The summed E-state index contributed by atoms with van der Waals surface area (Å²) in [7, 11) is 1.36. The first kappa shape index (κ1) is 24.2. The third-order valence-electron chi connectivity index (χ3n) is 6.17. The third-order valence-corrected chi connectivity index (χ3v) is 6.52. The second-order valence-corrected chi connectivity index (χ2v) is 9.27. The van der Waals surface area contributed by atoms with Crippen LogP contribution in [0.5, 0.6) is 0 Å². The van der Waals surface area contributed by atoms with Crippen LogP contribution in [0.4, 0.5) is 0 Å². The molecule has 3 heterocycles. The Morgan fingerprint density at radius 1 is 1.00 bits per heavy atom. The van der Waals surface area contributed by atoms with E-state index in [0.29, 0.717) is 0 Å². The van der Waals surface area contributed by atoms with Crippen molar-refractivity contribution in [2.24, 2.45) is 0 Å². The number of hydrogen-bond donors (Lipinski definition) is 0. The lowest BCUT2D eigenvalue weighted by molar-refractivity contribution is -0.346.